The van der Waals surface area contributed by atoms with Crippen LogP contribution in [0, 0.1) is 6.92 Å². The monoisotopic (exact) mass is 346 g/mol. The summed E-state index contributed by atoms with van der Waals surface area (Å²) in [7, 11) is 0. The van der Waals surface area contributed by atoms with Crippen LogP contribution >= 0.6 is 0 Å². The van der Waals surface area contributed by atoms with E-state index in [0.29, 0.717) is 19.4 Å². The molecule has 4 heteroatoms. The molecule has 2 aromatic carbocycles. The van der Waals surface area contributed by atoms with Gasteiger partial charge >= 0.3 is 0 Å². The van der Waals surface area contributed by atoms with Crippen LogP contribution in [-0.2, 0) is 4.79 Å². The molecule has 0 bridgehead atoms. The lowest BCUT2D eigenvalue weighted by Gasteiger charge is -2.11. The van der Waals surface area contributed by atoms with E-state index in [9.17, 15) is 4.79 Å². The average Bonchev–Trinajstić information content (AvgIpc) is 2.68. The lowest BCUT2D eigenvalue weighted by molar-refractivity contribution is -0.116. The highest BCUT2D eigenvalue weighted by molar-refractivity contribution is 5.95. The molecule has 26 heavy (non-hydrogen) atoms. The molecule has 1 N–H and O–H groups in total. The van der Waals surface area contributed by atoms with Gasteiger partial charge < -0.3 is 10.1 Å². The van der Waals surface area contributed by atoms with Crippen molar-refractivity contribution in [3.05, 3.63) is 78.6 Å². The molecule has 0 unspecified atom stereocenters. The van der Waals surface area contributed by atoms with E-state index in [1.54, 1.807) is 12.4 Å². The average molecular weight is 346 g/mol. The number of benzene rings is 2. The molecule has 0 aliphatic rings. The van der Waals surface area contributed by atoms with Crippen LogP contribution in [0.1, 0.15) is 18.4 Å². The second kappa shape index (κ2) is 8.81. The molecule has 0 fully saturated rings. The molecule has 0 spiro atoms. The summed E-state index contributed by atoms with van der Waals surface area (Å²) in [4.78, 5) is 16.4. The Morgan fingerprint density at radius 3 is 2.58 bits per heavy atom. The fourth-order valence-corrected chi connectivity index (χ4v) is 2.63. The molecule has 0 aliphatic carbocycles. The van der Waals surface area contributed by atoms with Crippen LogP contribution in [0.15, 0.2) is 73.1 Å². The van der Waals surface area contributed by atoms with Crippen molar-refractivity contribution in [2.24, 2.45) is 0 Å². The van der Waals surface area contributed by atoms with Gasteiger partial charge in [0, 0.05) is 18.2 Å². The zero-order chi connectivity index (χ0) is 18.2. The fraction of sp³-hybridized carbons (Fsp3) is 0.182. The molecular weight excluding hydrogens is 324 g/mol. The van der Waals surface area contributed by atoms with E-state index in [1.165, 1.54) is 5.56 Å². The lowest BCUT2D eigenvalue weighted by Crippen LogP contribution is -2.13. The molecule has 3 rings (SSSR count). The second-order valence-corrected chi connectivity index (χ2v) is 6.10. The van der Waals surface area contributed by atoms with E-state index >= 15 is 0 Å². The minimum atomic E-state index is -0.0392. The standard InChI is InChI=1S/C22H22N2O2/c1-17-9-11-19(12-10-17)26-15-5-8-22(25)24-21-16-23-14-13-20(21)18-6-3-2-4-7-18/h2-4,6-7,9-14,16H,5,8,15H2,1H3,(H,24,25). The van der Waals surface area contributed by atoms with Crippen molar-refractivity contribution in [1.82, 2.24) is 4.98 Å². The number of nitrogens with zero attached hydrogens (tertiary/aromatic N) is 1. The second-order valence-electron chi connectivity index (χ2n) is 6.10. The molecule has 0 atom stereocenters. The third-order valence-corrected chi connectivity index (χ3v) is 4.02. The van der Waals surface area contributed by atoms with Gasteiger partial charge in [-0.2, -0.15) is 0 Å². The van der Waals surface area contributed by atoms with Gasteiger partial charge in [0.1, 0.15) is 5.75 Å². The van der Waals surface area contributed by atoms with Crippen LogP contribution < -0.4 is 10.1 Å². The van der Waals surface area contributed by atoms with Crippen molar-refractivity contribution < 1.29 is 9.53 Å². The third-order valence-electron chi connectivity index (χ3n) is 4.02. The number of ether oxygens (including phenoxy) is 1. The maximum atomic E-state index is 12.3. The van der Waals surface area contributed by atoms with Crippen molar-refractivity contribution >= 4 is 11.6 Å². The fourth-order valence-electron chi connectivity index (χ4n) is 2.63. The number of nitrogens with one attached hydrogen (secondary N) is 1. The zero-order valence-electron chi connectivity index (χ0n) is 14.8. The highest BCUT2D eigenvalue weighted by Gasteiger charge is 2.08. The van der Waals surface area contributed by atoms with E-state index in [0.717, 1.165) is 22.6 Å². The first-order valence-electron chi connectivity index (χ1n) is 8.71. The molecule has 1 amide bonds. The minimum Gasteiger partial charge on any atom is -0.494 e. The first-order chi connectivity index (χ1) is 12.7. The summed E-state index contributed by atoms with van der Waals surface area (Å²) in [6.07, 6.45) is 4.46. The van der Waals surface area contributed by atoms with Crippen LogP contribution in [0.4, 0.5) is 5.69 Å². The minimum absolute atomic E-state index is 0.0392. The molecule has 1 aromatic heterocycles. The van der Waals surface area contributed by atoms with Gasteiger partial charge in [0.15, 0.2) is 0 Å². The first-order valence-corrected chi connectivity index (χ1v) is 8.71. The normalized spacial score (nSPS) is 10.3. The van der Waals surface area contributed by atoms with Crippen molar-refractivity contribution in [3.63, 3.8) is 0 Å². The summed E-state index contributed by atoms with van der Waals surface area (Å²) < 4.78 is 5.66. The van der Waals surface area contributed by atoms with Gasteiger partial charge in [-0.25, -0.2) is 0 Å². The number of carbonyl (C=O) groups is 1. The Bertz CT molecular complexity index is 846. The summed E-state index contributed by atoms with van der Waals surface area (Å²) >= 11 is 0. The number of hydrogen-bond donors (Lipinski definition) is 1. The SMILES string of the molecule is Cc1ccc(OCCCC(=O)Nc2cnccc2-c2ccccc2)cc1. The van der Waals surface area contributed by atoms with Gasteiger partial charge in [-0.15, -0.1) is 0 Å². The van der Waals surface area contributed by atoms with Crippen molar-refractivity contribution in [1.29, 1.82) is 0 Å². The Kier molecular flexibility index (Phi) is 5.99. The third kappa shape index (κ3) is 4.93. The number of rotatable bonds is 7. The number of pyridine rings is 1. The Morgan fingerprint density at radius 2 is 1.81 bits per heavy atom. The Morgan fingerprint density at radius 1 is 1.04 bits per heavy atom. The molecule has 0 saturated heterocycles. The number of aryl methyl sites for hydroxylation is 1. The molecule has 1 heterocycles. The van der Waals surface area contributed by atoms with Gasteiger partial charge in [0.25, 0.3) is 0 Å². The maximum absolute atomic E-state index is 12.3. The van der Waals surface area contributed by atoms with Gasteiger partial charge in [-0.1, -0.05) is 48.0 Å². The van der Waals surface area contributed by atoms with Crippen LogP contribution in [0.3, 0.4) is 0 Å². The summed E-state index contributed by atoms with van der Waals surface area (Å²) in [5.74, 6) is 0.789. The first kappa shape index (κ1) is 17.7. The molecule has 0 saturated carbocycles. The number of anilines is 1. The molecule has 0 radical (unpaired) electrons. The van der Waals surface area contributed by atoms with Gasteiger partial charge in [0.2, 0.25) is 5.91 Å². The van der Waals surface area contributed by atoms with Crippen LogP contribution in [0.2, 0.25) is 0 Å². The highest BCUT2D eigenvalue weighted by atomic mass is 16.5. The van der Waals surface area contributed by atoms with Gasteiger partial charge in [0.05, 0.1) is 18.5 Å². The predicted molar refractivity (Wildman–Crippen MR) is 104 cm³/mol. The topological polar surface area (TPSA) is 51.2 Å². The molecule has 4 nitrogen and oxygen atoms in total. The molecule has 3 aromatic rings. The van der Waals surface area contributed by atoms with Crippen molar-refractivity contribution in [3.8, 4) is 16.9 Å². The van der Waals surface area contributed by atoms with Crippen LogP contribution in [0.5, 0.6) is 5.75 Å². The van der Waals surface area contributed by atoms with E-state index < -0.39 is 0 Å². The van der Waals surface area contributed by atoms with E-state index in [4.69, 9.17) is 4.74 Å². The number of carbonyl (C=O) groups excluding carboxylic acids is 1. The predicted octanol–water partition coefficient (Wildman–Crippen LogP) is 4.85. The summed E-state index contributed by atoms with van der Waals surface area (Å²) in [5, 5.41) is 2.96. The Hall–Kier alpha value is -3.14. The number of aromatic nitrogens is 1. The molecule has 132 valence electrons. The Labute approximate surface area is 153 Å². The van der Waals surface area contributed by atoms with Gasteiger partial charge in [-0.3, -0.25) is 9.78 Å². The van der Waals surface area contributed by atoms with Crippen molar-refractivity contribution in [2.45, 2.75) is 19.8 Å². The maximum Gasteiger partial charge on any atom is 0.224 e. The number of hydrogen-bond acceptors (Lipinski definition) is 3. The Balaban J connectivity index is 1.52. The van der Waals surface area contributed by atoms with E-state index in [2.05, 4.69) is 10.3 Å². The van der Waals surface area contributed by atoms with Gasteiger partial charge in [-0.05, 0) is 37.1 Å². The molecular formula is C22H22N2O2. The highest BCUT2D eigenvalue weighted by Crippen LogP contribution is 2.26. The van der Waals surface area contributed by atoms with Crippen LogP contribution in [-0.4, -0.2) is 17.5 Å². The summed E-state index contributed by atoms with van der Waals surface area (Å²) in [5.41, 5.74) is 3.93. The summed E-state index contributed by atoms with van der Waals surface area (Å²) in [6.45, 7) is 2.55. The van der Waals surface area contributed by atoms with Crippen LogP contribution in [0.25, 0.3) is 11.1 Å². The van der Waals surface area contributed by atoms with E-state index in [1.807, 2.05) is 67.6 Å². The quantitative estimate of drug-likeness (QED) is 0.622. The zero-order valence-corrected chi connectivity index (χ0v) is 14.8. The largest absolute Gasteiger partial charge is 0.494 e. The van der Waals surface area contributed by atoms with Crippen molar-refractivity contribution in [2.75, 3.05) is 11.9 Å². The number of amides is 1. The smallest absolute Gasteiger partial charge is 0.224 e. The summed E-state index contributed by atoms with van der Waals surface area (Å²) in [6, 6.07) is 19.8. The lowest BCUT2D eigenvalue weighted by atomic mass is 10.1. The molecule has 0 aliphatic heterocycles. The van der Waals surface area contributed by atoms with E-state index in [-0.39, 0.29) is 5.91 Å².